The smallest absolute Gasteiger partial charge is 0.313 e. The second-order valence-electron chi connectivity index (χ2n) is 12.2. The Kier molecular flexibility index (Phi) is 9.85. The van der Waals surface area contributed by atoms with Crippen molar-refractivity contribution in [2.24, 2.45) is 5.41 Å². The minimum atomic E-state index is -0.747. The molecule has 226 valence electrons. The molecule has 1 saturated heterocycles. The predicted molar refractivity (Wildman–Crippen MR) is 168 cm³/mol. The Labute approximate surface area is 250 Å². The Hall–Kier alpha value is -3.36. The number of hydrogen-bond donors (Lipinski definition) is 1. The molecule has 1 N–H and O–H groups in total. The number of carbonyl (C=O) groups excluding carboxylic acids is 1. The molecule has 0 saturated carbocycles. The SMILES string of the molecule is CCCC(C)(C)C(=O)OCN1c2nc(OCCCCN3CCN(c4cccc5ccccc45)CC3)ccc2CCC1O. The summed E-state index contributed by atoms with van der Waals surface area (Å²) in [6.07, 6.45) is 4.21. The lowest BCUT2D eigenvalue weighted by Gasteiger charge is -2.36. The first kappa shape index (κ1) is 30.1. The van der Waals surface area contributed by atoms with Gasteiger partial charge in [-0.3, -0.25) is 14.6 Å². The van der Waals surface area contributed by atoms with Crippen molar-refractivity contribution < 1.29 is 19.4 Å². The van der Waals surface area contributed by atoms with Crippen LogP contribution in [-0.2, 0) is 16.0 Å². The van der Waals surface area contributed by atoms with E-state index in [1.54, 1.807) is 4.90 Å². The van der Waals surface area contributed by atoms with Crippen molar-refractivity contribution in [1.82, 2.24) is 9.88 Å². The number of aliphatic hydroxyl groups excluding tert-OH is 1. The summed E-state index contributed by atoms with van der Waals surface area (Å²) >= 11 is 0. The minimum absolute atomic E-state index is 0.0235. The molecule has 0 bridgehead atoms. The van der Waals surface area contributed by atoms with E-state index in [1.807, 2.05) is 26.0 Å². The summed E-state index contributed by atoms with van der Waals surface area (Å²) < 4.78 is 11.6. The highest BCUT2D eigenvalue weighted by Crippen LogP contribution is 2.31. The fourth-order valence-electron chi connectivity index (χ4n) is 6.07. The highest BCUT2D eigenvalue weighted by Gasteiger charge is 2.32. The largest absolute Gasteiger partial charge is 0.478 e. The van der Waals surface area contributed by atoms with E-state index in [9.17, 15) is 9.90 Å². The van der Waals surface area contributed by atoms with E-state index in [4.69, 9.17) is 14.5 Å². The number of aryl methyl sites for hydroxylation is 1. The van der Waals surface area contributed by atoms with Crippen LogP contribution in [-0.4, -0.2) is 73.2 Å². The summed E-state index contributed by atoms with van der Waals surface area (Å²) in [5.74, 6) is 0.914. The van der Waals surface area contributed by atoms with Gasteiger partial charge >= 0.3 is 5.97 Å². The van der Waals surface area contributed by atoms with Crippen LogP contribution in [0.5, 0.6) is 5.88 Å². The van der Waals surface area contributed by atoms with Gasteiger partial charge in [0.2, 0.25) is 5.88 Å². The molecule has 8 nitrogen and oxygen atoms in total. The summed E-state index contributed by atoms with van der Waals surface area (Å²) in [7, 11) is 0. The maximum atomic E-state index is 12.6. The highest BCUT2D eigenvalue weighted by molar-refractivity contribution is 5.94. The predicted octanol–water partition coefficient (Wildman–Crippen LogP) is 5.61. The molecule has 0 spiro atoms. The molecule has 0 amide bonds. The molecule has 5 rings (SSSR count). The van der Waals surface area contributed by atoms with Crippen LogP contribution < -0.4 is 14.5 Å². The van der Waals surface area contributed by atoms with Crippen molar-refractivity contribution in [2.45, 2.75) is 65.5 Å². The van der Waals surface area contributed by atoms with Gasteiger partial charge in [-0.1, -0.05) is 49.7 Å². The van der Waals surface area contributed by atoms with Crippen LogP contribution in [0.4, 0.5) is 11.5 Å². The third kappa shape index (κ3) is 7.16. The minimum Gasteiger partial charge on any atom is -0.478 e. The topological polar surface area (TPSA) is 78.4 Å². The van der Waals surface area contributed by atoms with Gasteiger partial charge in [-0.25, -0.2) is 0 Å². The highest BCUT2D eigenvalue weighted by atomic mass is 16.5. The van der Waals surface area contributed by atoms with E-state index >= 15 is 0 Å². The number of rotatable bonds is 12. The second kappa shape index (κ2) is 13.7. The van der Waals surface area contributed by atoms with E-state index in [-0.39, 0.29) is 12.7 Å². The molecule has 1 unspecified atom stereocenters. The number of nitrogens with zero attached hydrogens (tertiary/aromatic N) is 4. The van der Waals surface area contributed by atoms with Gasteiger partial charge in [-0.05, 0) is 75.6 Å². The Morgan fingerprint density at radius 1 is 1.02 bits per heavy atom. The Morgan fingerprint density at radius 3 is 2.62 bits per heavy atom. The summed E-state index contributed by atoms with van der Waals surface area (Å²) in [5, 5.41) is 13.3. The number of piperazine rings is 1. The molecular formula is C34H46N4O4. The van der Waals surface area contributed by atoms with Gasteiger partial charge in [-0.15, -0.1) is 0 Å². The fourth-order valence-corrected chi connectivity index (χ4v) is 6.07. The number of benzene rings is 2. The van der Waals surface area contributed by atoms with Crippen molar-refractivity contribution in [3.63, 3.8) is 0 Å². The van der Waals surface area contributed by atoms with Crippen molar-refractivity contribution in [3.05, 3.63) is 60.2 Å². The van der Waals surface area contributed by atoms with Crippen LogP contribution in [0.25, 0.3) is 10.8 Å². The lowest BCUT2D eigenvalue weighted by molar-refractivity contribution is -0.155. The first-order chi connectivity index (χ1) is 20.4. The number of carbonyl (C=O) groups is 1. The third-order valence-corrected chi connectivity index (χ3v) is 8.59. The summed E-state index contributed by atoms with van der Waals surface area (Å²) in [6, 6.07) is 19.1. The molecule has 2 aromatic carbocycles. The number of pyridine rings is 1. The average Bonchev–Trinajstić information content (AvgIpc) is 3.00. The standard InChI is InChI=1S/C34H46N4O4/c1-4-18-34(2,3)33(40)42-25-38-31(39)17-15-27-14-16-30(35-32(27)38)41-24-8-7-19-36-20-22-37(23-21-36)29-13-9-11-26-10-5-6-12-28(26)29/h5-6,9-14,16,31,39H,4,7-8,15,17-25H2,1-3H3. The number of aliphatic hydroxyl groups is 1. The van der Waals surface area contributed by atoms with E-state index in [0.29, 0.717) is 24.7 Å². The van der Waals surface area contributed by atoms with Crippen molar-refractivity contribution in [1.29, 1.82) is 0 Å². The van der Waals surface area contributed by atoms with Gasteiger partial charge < -0.3 is 19.5 Å². The number of anilines is 2. The lowest BCUT2D eigenvalue weighted by atomic mass is 9.88. The molecule has 1 aromatic heterocycles. The average molecular weight is 575 g/mol. The molecule has 2 aliphatic heterocycles. The van der Waals surface area contributed by atoms with Crippen molar-refractivity contribution >= 4 is 28.2 Å². The van der Waals surface area contributed by atoms with Gasteiger partial charge in [-0.2, -0.15) is 4.98 Å². The maximum Gasteiger partial charge on any atom is 0.313 e. The molecule has 42 heavy (non-hydrogen) atoms. The molecule has 0 radical (unpaired) electrons. The number of fused-ring (bicyclic) bond motifs is 2. The van der Waals surface area contributed by atoms with E-state index in [2.05, 4.69) is 59.2 Å². The van der Waals surface area contributed by atoms with Crippen LogP contribution in [0.15, 0.2) is 54.6 Å². The molecule has 0 aliphatic carbocycles. The number of hydrogen-bond acceptors (Lipinski definition) is 8. The molecule has 8 heteroatoms. The zero-order valence-electron chi connectivity index (χ0n) is 25.4. The zero-order chi connectivity index (χ0) is 29.5. The molecule has 3 aromatic rings. The Bertz CT molecular complexity index is 1330. The van der Waals surface area contributed by atoms with Gasteiger partial charge in [0.05, 0.1) is 12.0 Å². The van der Waals surface area contributed by atoms with Crippen molar-refractivity contribution in [2.75, 3.05) is 55.9 Å². The fraction of sp³-hybridized carbons (Fsp3) is 0.529. The van der Waals surface area contributed by atoms with Crippen LogP contribution >= 0.6 is 0 Å². The molecular weight excluding hydrogens is 528 g/mol. The molecule has 2 aliphatic rings. The van der Waals surface area contributed by atoms with E-state index in [0.717, 1.165) is 70.4 Å². The van der Waals surface area contributed by atoms with Crippen LogP contribution in [0.1, 0.15) is 58.4 Å². The molecule has 1 fully saturated rings. The summed E-state index contributed by atoms with van der Waals surface area (Å²) in [6.45, 7) is 11.7. The monoisotopic (exact) mass is 574 g/mol. The summed E-state index contributed by atoms with van der Waals surface area (Å²) in [5.41, 5.74) is 1.81. The Morgan fingerprint density at radius 2 is 1.81 bits per heavy atom. The lowest BCUT2D eigenvalue weighted by Crippen LogP contribution is -2.46. The molecule has 3 heterocycles. The Balaban J connectivity index is 1.06. The third-order valence-electron chi connectivity index (χ3n) is 8.59. The number of aromatic nitrogens is 1. The number of unbranched alkanes of at least 4 members (excludes halogenated alkanes) is 1. The van der Waals surface area contributed by atoms with Crippen LogP contribution in [0.2, 0.25) is 0 Å². The quantitative estimate of drug-likeness (QED) is 0.221. The van der Waals surface area contributed by atoms with Crippen LogP contribution in [0.3, 0.4) is 0 Å². The number of esters is 1. The zero-order valence-corrected chi connectivity index (χ0v) is 25.4. The number of ether oxygens (including phenoxy) is 2. The van der Waals surface area contributed by atoms with E-state index in [1.165, 1.54) is 16.5 Å². The van der Waals surface area contributed by atoms with Gasteiger partial charge in [0.1, 0.15) is 12.0 Å². The summed E-state index contributed by atoms with van der Waals surface area (Å²) in [4.78, 5) is 24.1. The molecule has 1 atom stereocenters. The van der Waals surface area contributed by atoms with E-state index < -0.39 is 11.6 Å². The first-order valence-electron chi connectivity index (χ1n) is 15.6. The van der Waals surface area contributed by atoms with Gasteiger partial charge in [0, 0.05) is 43.3 Å². The second-order valence-corrected chi connectivity index (χ2v) is 12.2. The maximum absolute atomic E-state index is 12.6. The van der Waals surface area contributed by atoms with Crippen LogP contribution in [0, 0.1) is 5.41 Å². The van der Waals surface area contributed by atoms with Gasteiger partial charge in [0.25, 0.3) is 0 Å². The van der Waals surface area contributed by atoms with Crippen molar-refractivity contribution in [3.8, 4) is 5.88 Å². The van der Waals surface area contributed by atoms with Gasteiger partial charge in [0.15, 0.2) is 6.73 Å². The first-order valence-corrected chi connectivity index (χ1v) is 15.6. The normalized spacial score (nSPS) is 17.8.